The molecule has 1 aromatic heterocycles. The molecule has 3 aromatic rings. The molecule has 0 spiro atoms. The summed E-state index contributed by atoms with van der Waals surface area (Å²) in [6.07, 6.45) is 4.30. The van der Waals surface area contributed by atoms with E-state index in [4.69, 9.17) is 10.5 Å². The Morgan fingerprint density at radius 3 is 2.17 bits per heavy atom. The molecule has 0 aliphatic heterocycles. The third-order valence-corrected chi connectivity index (χ3v) is 4.30. The van der Waals surface area contributed by atoms with Crippen molar-refractivity contribution < 1.29 is 19.1 Å². The number of ether oxygens (including phenoxy) is 2. The number of carbonyl (C=O) groups is 2. The van der Waals surface area contributed by atoms with Gasteiger partial charge in [0.1, 0.15) is 17.5 Å². The van der Waals surface area contributed by atoms with E-state index in [-0.39, 0.29) is 18.7 Å². The topological polar surface area (TPSA) is 95.6 Å². The van der Waals surface area contributed by atoms with Crippen LogP contribution in [-0.2, 0) is 14.3 Å². The smallest absolute Gasteiger partial charge is 0.322 e. The second kappa shape index (κ2) is 9.57. The maximum absolute atomic E-state index is 12.0. The van der Waals surface area contributed by atoms with Crippen LogP contribution in [0.1, 0.15) is 12.8 Å². The molecule has 0 radical (unpaired) electrons. The van der Waals surface area contributed by atoms with Gasteiger partial charge in [0.05, 0.1) is 7.11 Å². The van der Waals surface area contributed by atoms with Crippen molar-refractivity contribution in [2.75, 3.05) is 12.4 Å². The lowest BCUT2D eigenvalue weighted by Crippen LogP contribution is -2.32. The Hall–Kier alpha value is -3.58. The van der Waals surface area contributed by atoms with E-state index in [1.807, 2.05) is 53.4 Å². The SMILES string of the molecule is COC(=O)C(N)CCC(=O)Nc1ccc(Oc2ccc(-n3cccc3)cc2)cc1. The van der Waals surface area contributed by atoms with Gasteiger partial charge < -0.3 is 25.1 Å². The number of amides is 1. The van der Waals surface area contributed by atoms with Gasteiger partial charge >= 0.3 is 5.97 Å². The number of esters is 1. The standard InChI is InChI=1S/C22H23N3O4/c1-28-22(27)20(23)12-13-21(26)24-16-4-8-18(9-5-16)29-19-10-6-17(7-11-19)25-14-2-3-15-25/h2-11,14-15,20H,12-13,23H2,1H3,(H,24,26). The van der Waals surface area contributed by atoms with Crippen molar-refractivity contribution in [2.24, 2.45) is 5.73 Å². The molecule has 0 bridgehead atoms. The number of methoxy groups -OCH3 is 1. The van der Waals surface area contributed by atoms with Crippen LogP contribution >= 0.6 is 0 Å². The minimum Gasteiger partial charge on any atom is -0.468 e. The van der Waals surface area contributed by atoms with Crippen molar-refractivity contribution in [3.8, 4) is 17.2 Å². The quantitative estimate of drug-likeness (QED) is 0.571. The summed E-state index contributed by atoms with van der Waals surface area (Å²) >= 11 is 0. The molecule has 1 amide bonds. The summed E-state index contributed by atoms with van der Waals surface area (Å²) in [5, 5.41) is 2.76. The lowest BCUT2D eigenvalue weighted by Gasteiger charge is -2.10. The molecule has 2 aromatic carbocycles. The van der Waals surface area contributed by atoms with E-state index in [2.05, 4.69) is 10.1 Å². The number of nitrogens with one attached hydrogen (secondary N) is 1. The first kappa shape index (κ1) is 20.2. The monoisotopic (exact) mass is 393 g/mol. The Balaban J connectivity index is 1.51. The number of carbonyl (C=O) groups excluding carboxylic acids is 2. The molecule has 1 atom stereocenters. The fourth-order valence-corrected chi connectivity index (χ4v) is 2.71. The first-order valence-electron chi connectivity index (χ1n) is 9.20. The Bertz CT molecular complexity index is 935. The summed E-state index contributed by atoms with van der Waals surface area (Å²) in [5.41, 5.74) is 7.31. The molecule has 29 heavy (non-hydrogen) atoms. The summed E-state index contributed by atoms with van der Waals surface area (Å²) in [5.74, 6) is 0.623. The van der Waals surface area contributed by atoms with E-state index >= 15 is 0 Å². The zero-order valence-electron chi connectivity index (χ0n) is 16.1. The normalized spacial score (nSPS) is 11.5. The number of benzene rings is 2. The molecule has 3 rings (SSSR count). The third kappa shape index (κ3) is 5.70. The van der Waals surface area contributed by atoms with Gasteiger partial charge in [0.25, 0.3) is 0 Å². The van der Waals surface area contributed by atoms with Crippen LogP contribution in [0.3, 0.4) is 0 Å². The summed E-state index contributed by atoms with van der Waals surface area (Å²) in [6.45, 7) is 0. The van der Waals surface area contributed by atoms with E-state index in [0.717, 1.165) is 11.4 Å². The Morgan fingerprint density at radius 2 is 1.59 bits per heavy atom. The molecule has 0 fully saturated rings. The van der Waals surface area contributed by atoms with Crippen LogP contribution in [0.2, 0.25) is 0 Å². The molecule has 0 saturated carbocycles. The highest BCUT2D eigenvalue weighted by molar-refractivity contribution is 5.91. The van der Waals surface area contributed by atoms with Gasteiger partial charge in [-0.05, 0) is 67.1 Å². The zero-order valence-corrected chi connectivity index (χ0v) is 16.1. The molecule has 7 nitrogen and oxygen atoms in total. The van der Waals surface area contributed by atoms with Crippen molar-refractivity contribution in [3.05, 3.63) is 73.1 Å². The number of nitrogens with zero attached hydrogens (tertiary/aromatic N) is 1. The van der Waals surface area contributed by atoms with Crippen LogP contribution in [-0.4, -0.2) is 29.6 Å². The third-order valence-electron chi connectivity index (χ3n) is 4.30. The number of rotatable bonds is 8. The zero-order chi connectivity index (χ0) is 20.6. The van der Waals surface area contributed by atoms with Crippen LogP contribution in [0.5, 0.6) is 11.5 Å². The molecule has 0 saturated heterocycles. The number of hydrogen-bond donors (Lipinski definition) is 2. The van der Waals surface area contributed by atoms with Crippen molar-refractivity contribution >= 4 is 17.6 Å². The summed E-state index contributed by atoms with van der Waals surface area (Å²) < 4.78 is 12.4. The lowest BCUT2D eigenvalue weighted by atomic mass is 10.1. The number of hydrogen-bond acceptors (Lipinski definition) is 5. The van der Waals surface area contributed by atoms with Crippen LogP contribution in [0, 0.1) is 0 Å². The van der Waals surface area contributed by atoms with Crippen molar-refractivity contribution in [1.29, 1.82) is 0 Å². The maximum atomic E-state index is 12.0. The van der Waals surface area contributed by atoms with Crippen molar-refractivity contribution in [1.82, 2.24) is 4.57 Å². The van der Waals surface area contributed by atoms with Crippen molar-refractivity contribution in [2.45, 2.75) is 18.9 Å². The van der Waals surface area contributed by atoms with Crippen LogP contribution < -0.4 is 15.8 Å². The lowest BCUT2D eigenvalue weighted by molar-refractivity contribution is -0.142. The van der Waals surface area contributed by atoms with Gasteiger partial charge in [0.15, 0.2) is 0 Å². The molecule has 0 aliphatic rings. The molecule has 7 heteroatoms. The first-order valence-corrected chi connectivity index (χ1v) is 9.20. The number of anilines is 1. The van der Waals surface area contributed by atoms with E-state index in [0.29, 0.717) is 11.4 Å². The number of aromatic nitrogens is 1. The average Bonchev–Trinajstić information content (AvgIpc) is 3.28. The summed E-state index contributed by atoms with van der Waals surface area (Å²) in [6, 6.07) is 17.9. The van der Waals surface area contributed by atoms with Gasteiger partial charge in [-0.25, -0.2) is 0 Å². The largest absolute Gasteiger partial charge is 0.468 e. The molecule has 0 aliphatic carbocycles. The average molecular weight is 393 g/mol. The van der Waals surface area contributed by atoms with Gasteiger partial charge in [-0.1, -0.05) is 0 Å². The van der Waals surface area contributed by atoms with E-state index in [1.54, 1.807) is 24.3 Å². The van der Waals surface area contributed by atoms with Gasteiger partial charge in [-0.15, -0.1) is 0 Å². The van der Waals surface area contributed by atoms with E-state index in [1.165, 1.54) is 7.11 Å². The number of nitrogens with two attached hydrogens (primary N) is 1. The van der Waals surface area contributed by atoms with E-state index in [9.17, 15) is 9.59 Å². The summed E-state index contributed by atoms with van der Waals surface area (Å²) in [4.78, 5) is 23.2. The molecular formula is C22H23N3O4. The van der Waals surface area contributed by atoms with Gasteiger partial charge in [0.2, 0.25) is 5.91 Å². The minimum absolute atomic E-state index is 0.127. The highest BCUT2D eigenvalue weighted by Gasteiger charge is 2.15. The predicted octanol–water partition coefficient (Wildman–Crippen LogP) is 3.49. The van der Waals surface area contributed by atoms with Crippen LogP contribution in [0.4, 0.5) is 5.69 Å². The Morgan fingerprint density at radius 1 is 1.00 bits per heavy atom. The van der Waals surface area contributed by atoms with Crippen LogP contribution in [0.15, 0.2) is 73.1 Å². The maximum Gasteiger partial charge on any atom is 0.322 e. The fourth-order valence-electron chi connectivity index (χ4n) is 2.71. The van der Waals surface area contributed by atoms with E-state index < -0.39 is 12.0 Å². The predicted molar refractivity (Wildman–Crippen MR) is 110 cm³/mol. The van der Waals surface area contributed by atoms with Gasteiger partial charge in [-0.3, -0.25) is 9.59 Å². The highest BCUT2D eigenvalue weighted by Crippen LogP contribution is 2.24. The highest BCUT2D eigenvalue weighted by atomic mass is 16.5. The molecule has 150 valence electrons. The van der Waals surface area contributed by atoms with Gasteiger partial charge in [-0.2, -0.15) is 0 Å². The molecule has 1 heterocycles. The Labute approximate surface area is 169 Å². The van der Waals surface area contributed by atoms with Crippen molar-refractivity contribution in [3.63, 3.8) is 0 Å². The molecule has 3 N–H and O–H groups in total. The second-order valence-electron chi connectivity index (χ2n) is 6.43. The van der Waals surface area contributed by atoms with Gasteiger partial charge in [0, 0.05) is 30.2 Å². The van der Waals surface area contributed by atoms with Crippen LogP contribution in [0.25, 0.3) is 5.69 Å². The summed E-state index contributed by atoms with van der Waals surface area (Å²) in [7, 11) is 1.27. The fraction of sp³-hybridized carbons (Fsp3) is 0.182. The second-order valence-corrected chi connectivity index (χ2v) is 6.43. The molecular weight excluding hydrogens is 370 g/mol. The minimum atomic E-state index is -0.801. The Kier molecular flexibility index (Phi) is 6.65. The first-order chi connectivity index (χ1) is 14.0. The molecule has 1 unspecified atom stereocenters.